The highest BCUT2D eigenvalue weighted by molar-refractivity contribution is 5.74. The van der Waals surface area contributed by atoms with E-state index in [0.717, 1.165) is 19.0 Å². The third-order valence-electron chi connectivity index (χ3n) is 5.23. The molecule has 3 heterocycles. The number of nitrogens with zero attached hydrogens (tertiary/aromatic N) is 1. The van der Waals surface area contributed by atoms with Gasteiger partial charge in [-0.25, -0.2) is 9.18 Å². The molecule has 0 aromatic carbocycles. The zero-order valence-electron chi connectivity index (χ0n) is 14.5. The van der Waals surface area contributed by atoms with Gasteiger partial charge in [-0.15, -0.1) is 0 Å². The summed E-state index contributed by atoms with van der Waals surface area (Å²) >= 11 is 0. The summed E-state index contributed by atoms with van der Waals surface area (Å²) in [5, 5.41) is 6.00. The molecule has 0 spiro atoms. The van der Waals surface area contributed by atoms with E-state index in [4.69, 9.17) is 14.2 Å². The Bertz CT molecular complexity index is 641. The van der Waals surface area contributed by atoms with E-state index in [9.17, 15) is 9.18 Å². The van der Waals surface area contributed by atoms with Crippen LogP contribution in [0, 0.1) is 5.82 Å². The molecule has 1 saturated carbocycles. The maximum absolute atomic E-state index is 13.2. The smallest absolute Gasteiger partial charge is 0.315 e. The Hall–Kier alpha value is -1.93. The lowest BCUT2D eigenvalue weighted by molar-refractivity contribution is 0.0301. The van der Waals surface area contributed by atoms with Crippen molar-refractivity contribution in [2.45, 2.75) is 62.5 Å². The zero-order chi connectivity index (χ0) is 17.9. The quantitative estimate of drug-likeness (QED) is 0.850. The molecule has 0 bridgehead atoms. The van der Waals surface area contributed by atoms with Gasteiger partial charge in [0.25, 0.3) is 0 Å². The predicted octanol–water partition coefficient (Wildman–Crippen LogP) is 1.77. The number of fused-ring (bicyclic) bond motifs is 1. The van der Waals surface area contributed by atoms with E-state index in [0.29, 0.717) is 19.0 Å². The van der Waals surface area contributed by atoms with Crippen molar-refractivity contribution in [1.29, 1.82) is 0 Å². The number of hydrogen-bond acceptors (Lipinski definition) is 5. The van der Waals surface area contributed by atoms with E-state index < -0.39 is 5.82 Å². The molecular formula is C18H24FN3O4. The van der Waals surface area contributed by atoms with Crippen molar-refractivity contribution < 1.29 is 23.4 Å². The normalized spacial score (nSPS) is 31.4. The summed E-state index contributed by atoms with van der Waals surface area (Å²) < 4.78 is 30.6. The summed E-state index contributed by atoms with van der Waals surface area (Å²) in [6.45, 7) is 0.697. The molecule has 3 fully saturated rings. The van der Waals surface area contributed by atoms with Crippen LogP contribution in [0.25, 0.3) is 0 Å². The zero-order valence-corrected chi connectivity index (χ0v) is 14.5. The Morgan fingerprint density at radius 3 is 2.73 bits per heavy atom. The van der Waals surface area contributed by atoms with Crippen LogP contribution < -0.4 is 15.4 Å². The summed E-state index contributed by atoms with van der Waals surface area (Å²) in [4.78, 5) is 16.0. The summed E-state index contributed by atoms with van der Waals surface area (Å²) in [6.07, 6.45) is 7.32. The molecule has 2 aliphatic heterocycles. The first-order chi connectivity index (χ1) is 12.7. The van der Waals surface area contributed by atoms with Crippen molar-refractivity contribution in [1.82, 2.24) is 15.6 Å². The van der Waals surface area contributed by atoms with Crippen molar-refractivity contribution in [2.75, 3.05) is 13.2 Å². The van der Waals surface area contributed by atoms with E-state index in [1.54, 1.807) is 0 Å². The number of halogens is 1. The van der Waals surface area contributed by atoms with Crippen molar-refractivity contribution >= 4 is 6.03 Å². The molecule has 4 rings (SSSR count). The molecular weight excluding hydrogens is 341 g/mol. The minimum Gasteiger partial charge on any atom is -0.483 e. The Balaban J connectivity index is 1.29. The van der Waals surface area contributed by atoms with E-state index >= 15 is 0 Å². The molecule has 1 aromatic rings. The van der Waals surface area contributed by atoms with Crippen LogP contribution in [0.5, 0.6) is 5.75 Å². The molecule has 2 N–H and O–H groups in total. The van der Waals surface area contributed by atoms with Crippen molar-refractivity contribution in [3.8, 4) is 5.75 Å². The summed E-state index contributed by atoms with van der Waals surface area (Å²) in [5.41, 5.74) is 0. The van der Waals surface area contributed by atoms with Crippen LogP contribution in [0.1, 0.15) is 32.1 Å². The minimum absolute atomic E-state index is 0.173. The molecule has 0 radical (unpaired) electrons. The molecule has 1 aliphatic carbocycles. The first-order valence-electron chi connectivity index (χ1n) is 9.26. The van der Waals surface area contributed by atoms with Crippen LogP contribution in [-0.4, -0.2) is 54.6 Å². The van der Waals surface area contributed by atoms with Gasteiger partial charge in [0, 0.05) is 12.1 Å². The first-order valence-corrected chi connectivity index (χ1v) is 9.26. The Morgan fingerprint density at radius 1 is 1.12 bits per heavy atom. The number of carbonyl (C=O) groups excluding carboxylic acids is 1. The van der Waals surface area contributed by atoms with Crippen LogP contribution in [-0.2, 0) is 9.47 Å². The van der Waals surface area contributed by atoms with E-state index in [-0.39, 0.29) is 36.4 Å². The van der Waals surface area contributed by atoms with Crippen LogP contribution in [0.4, 0.5) is 9.18 Å². The number of pyridine rings is 1. The van der Waals surface area contributed by atoms with Gasteiger partial charge in [-0.1, -0.05) is 19.3 Å². The molecule has 0 unspecified atom stereocenters. The first kappa shape index (κ1) is 17.5. The average molecular weight is 365 g/mol. The molecule has 4 atom stereocenters. The molecule has 142 valence electrons. The third kappa shape index (κ3) is 3.91. The number of carbonyl (C=O) groups is 1. The van der Waals surface area contributed by atoms with Gasteiger partial charge in [-0.05, 0) is 12.8 Å². The topological polar surface area (TPSA) is 81.7 Å². The van der Waals surface area contributed by atoms with Crippen LogP contribution >= 0.6 is 0 Å². The van der Waals surface area contributed by atoms with E-state index in [1.807, 2.05) is 0 Å². The number of urea groups is 1. The standard InChI is InChI=1S/C18H24FN3O4/c19-11-6-13(8-20-7-11)26-15-10-25-16-14(9-24-17(15)16)22-18(23)21-12-4-2-1-3-5-12/h6-8,12,14-17H,1-5,9-10H2,(H2,21,22,23)/t14-,15-,16+,17+/m0/s1. The van der Waals surface area contributed by atoms with Crippen molar-refractivity contribution in [3.63, 3.8) is 0 Å². The lowest BCUT2D eigenvalue weighted by Crippen LogP contribution is -2.51. The van der Waals surface area contributed by atoms with Gasteiger partial charge >= 0.3 is 6.03 Å². The highest BCUT2D eigenvalue weighted by Crippen LogP contribution is 2.30. The fourth-order valence-electron chi connectivity index (χ4n) is 3.96. The van der Waals surface area contributed by atoms with Gasteiger partial charge in [-0.3, -0.25) is 4.98 Å². The summed E-state index contributed by atoms with van der Waals surface area (Å²) in [6, 6.07) is 1.14. The number of ether oxygens (including phenoxy) is 3. The number of aromatic nitrogens is 1. The number of amides is 2. The van der Waals surface area contributed by atoms with Crippen LogP contribution in [0.3, 0.4) is 0 Å². The SMILES string of the molecule is O=C(NC1CCCCC1)N[C@H]1CO[C@H]2[C@@H]1OC[C@@H]2Oc1cncc(F)c1. The lowest BCUT2D eigenvalue weighted by atomic mass is 9.96. The van der Waals surface area contributed by atoms with Gasteiger partial charge < -0.3 is 24.8 Å². The maximum atomic E-state index is 13.2. The van der Waals surface area contributed by atoms with E-state index in [2.05, 4.69) is 15.6 Å². The molecule has 1 aromatic heterocycles. The van der Waals surface area contributed by atoms with E-state index in [1.165, 1.54) is 31.5 Å². The Kier molecular flexibility index (Phi) is 5.21. The van der Waals surface area contributed by atoms with Crippen LogP contribution in [0.15, 0.2) is 18.5 Å². The lowest BCUT2D eigenvalue weighted by Gasteiger charge is -2.24. The fourth-order valence-corrected chi connectivity index (χ4v) is 3.96. The maximum Gasteiger partial charge on any atom is 0.315 e. The Morgan fingerprint density at radius 2 is 1.92 bits per heavy atom. The largest absolute Gasteiger partial charge is 0.483 e. The molecule has 3 aliphatic rings. The summed E-state index contributed by atoms with van der Waals surface area (Å²) in [5.74, 6) is -0.112. The molecule has 2 amide bonds. The Labute approximate surface area is 151 Å². The molecule has 7 nitrogen and oxygen atoms in total. The highest BCUT2D eigenvalue weighted by Gasteiger charge is 2.49. The van der Waals surface area contributed by atoms with Crippen LogP contribution in [0.2, 0.25) is 0 Å². The molecule has 26 heavy (non-hydrogen) atoms. The van der Waals surface area contributed by atoms with Gasteiger partial charge in [-0.2, -0.15) is 0 Å². The molecule has 2 saturated heterocycles. The second kappa shape index (κ2) is 7.75. The third-order valence-corrected chi connectivity index (χ3v) is 5.23. The number of hydrogen-bond donors (Lipinski definition) is 2. The van der Waals surface area contributed by atoms with Crippen molar-refractivity contribution in [3.05, 3.63) is 24.3 Å². The monoisotopic (exact) mass is 365 g/mol. The average Bonchev–Trinajstić information content (AvgIpc) is 3.20. The second-order valence-corrected chi connectivity index (χ2v) is 7.15. The van der Waals surface area contributed by atoms with Gasteiger partial charge in [0.05, 0.1) is 31.6 Å². The molecule has 8 heteroatoms. The van der Waals surface area contributed by atoms with Gasteiger partial charge in [0.2, 0.25) is 0 Å². The van der Waals surface area contributed by atoms with Gasteiger partial charge in [0.15, 0.2) is 6.10 Å². The predicted molar refractivity (Wildman–Crippen MR) is 90.4 cm³/mol. The summed E-state index contributed by atoms with van der Waals surface area (Å²) in [7, 11) is 0. The van der Waals surface area contributed by atoms with Crippen molar-refractivity contribution in [2.24, 2.45) is 0 Å². The number of nitrogens with one attached hydrogen (secondary N) is 2. The minimum atomic E-state index is -0.454. The van der Waals surface area contributed by atoms with Gasteiger partial charge in [0.1, 0.15) is 23.8 Å². The highest BCUT2D eigenvalue weighted by atomic mass is 19.1. The second-order valence-electron chi connectivity index (χ2n) is 7.15. The fraction of sp³-hybridized carbons (Fsp3) is 0.667. The number of rotatable bonds is 4.